The van der Waals surface area contributed by atoms with Gasteiger partial charge in [0.05, 0.1) is 16.3 Å². The van der Waals surface area contributed by atoms with Gasteiger partial charge in [-0.25, -0.2) is 13.2 Å². The van der Waals surface area contributed by atoms with Crippen molar-refractivity contribution in [2.24, 2.45) is 0 Å². The first kappa shape index (κ1) is 42.5. The van der Waals surface area contributed by atoms with E-state index in [-0.39, 0.29) is 16.5 Å². The van der Waals surface area contributed by atoms with Crippen LogP contribution in [0.25, 0.3) is 22.5 Å². The number of nitrogens with one attached hydrogen (secondary N) is 2. The van der Waals surface area contributed by atoms with Crippen molar-refractivity contribution in [2.75, 3.05) is 78.1 Å². The number of aryl methyl sites for hydroxylation is 1. The van der Waals surface area contributed by atoms with Crippen LogP contribution in [0.15, 0.2) is 136 Å². The Kier molecular flexibility index (Phi) is 13.3. The highest BCUT2D eigenvalue weighted by Gasteiger charge is 2.27. The number of sulfonamides is 1. The number of piperazine rings is 1. The molecule has 5 N–H and O–H groups in total. The fraction of sp³-hybridized carbons (Fsp3) is 0.239. The molecule has 11 nitrogen and oxygen atoms in total. The van der Waals surface area contributed by atoms with Gasteiger partial charge in [0.2, 0.25) is 0 Å². The summed E-state index contributed by atoms with van der Waals surface area (Å²) >= 11 is 7.91. The predicted octanol–water partition coefficient (Wildman–Crippen LogP) is 9.51. The van der Waals surface area contributed by atoms with E-state index >= 15 is 0 Å². The molecule has 0 spiro atoms. The molecule has 0 bridgehead atoms. The standard InChI is InChI=1S/C46H49ClN6O5S2/c1-31-43(46(54)55)44(45(58-31)32-12-14-34(47)15-13-32)33-8-7-9-38(28-33)53-26-24-52(25-27-53)37-18-16-35(17-19-37)50-60(56,57)40-20-21-42(41(48)29-40)49-36(22-23-51(2)3)30-59-39-10-5-4-6-11-39/h4-21,28-29,36,49-50H,22-27,30,48H2,1-3H3,(H,54,55)/t36-/m1/s1. The molecule has 1 aromatic heterocycles. The molecule has 0 amide bonds. The van der Waals surface area contributed by atoms with E-state index in [4.69, 9.17) is 21.8 Å². The number of aromatic carboxylic acids is 1. The summed E-state index contributed by atoms with van der Waals surface area (Å²) in [6.07, 6.45) is 0.893. The molecule has 0 aliphatic carbocycles. The predicted molar refractivity (Wildman–Crippen MR) is 247 cm³/mol. The zero-order valence-corrected chi connectivity index (χ0v) is 36.2. The summed E-state index contributed by atoms with van der Waals surface area (Å²) in [5.74, 6) is 0.596. The van der Waals surface area contributed by atoms with Crippen LogP contribution in [0.2, 0.25) is 5.02 Å². The van der Waals surface area contributed by atoms with Gasteiger partial charge >= 0.3 is 5.97 Å². The van der Waals surface area contributed by atoms with Crippen molar-refractivity contribution in [3.63, 3.8) is 0 Å². The van der Waals surface area contributed by atoms with E-state index in [0.29, 0.717) is 39.2 Å². The van der Waals surface area contributed by atoms with Gasteiger partial charge in [0.15, 0.2) is 0 Å². The number of hydrogen-bond acceptors (Lipinski definition) is 10. The number of rotatable bonds is 16. The monoisotopic (exact) mass is 864 g/mol. The number of thioether (sulfide) groups is 1. The number of nitrogen functional groups attached to an aromatic ring is 1. The van der Waals surface area contributed by atoms with Crippen LogP contribution >= 0.6 is 23.4 Å². The van der Waals surface area contributed by atoms with E-state index in [0.717, 1.165) is 67.4 Å². The highest BCUT2D eigenvalue weighted by molar-refractivity contribution is 7.99. The Morgan fingerprint density at radius 3 is 2.20 bits per heavy atom. The number of furan rings is 1. The molecule has 60 heavy (non-hydrogen) atoms. The number of anilines is 5. The Labute approximate surface area is 361 Å². The van der Waals surface area contributed by atoms with Gasteiger partial charge in [-0.1, -0.05) is 41.9 Å². The second-order valence-corrected chi connectivity index (χ2v) is 18.2. The van der Waals surface area contributed by atoms with Crippen LogP contribution in [0, 0.1) is 6.92 Å². The Morgan fingerprint density at radius 2 is 1.55 bits per heavy atom. The average Bonchev–Trinajstić information content (AvgIpc) is 3.60. The molecule has 7 rings (SSSR count). The van der Waals surface area contributed by atoms with E-state index in [1.54, 1.807) is 55.1 Å². The third-order valence-corrected chi connectivity index (χ3v) is 13.3. The number of nitrogens with zero attached hydrogens (tertiary/aromatic N) is 3. The summed E-state index contributed by atoms with van der Waals surface area (Å²) in [5.41, 5.74) is 12.1. The van der Waals surface area contributed by atoms with Crippen LogP contribution in [-0.2, 0) is 10.0 Å². The lowest BCUT2D eigenvalue weighted by atomic mass is 9.96. The van der Waals surface area contributed by atoms with Crippen molar-refractivity contribution >= 4 is 67.8 Å². The molecule has 0 unspecified atom stereocenters. The first-order valence-electron chi connectivity index (χ1n) is 19.7. The topological polar surface area (TPSA) is 144 Å². The zero-order chi connectivity index (χ0) is 42.4. The lowest BCUT2D eigenvalue weighted by molar-refractivity contribution is 0.0695. The van der Waals surface area contributed by atoms with Crippen LogP contribution in [0.1, 0.15) is 22.5 Å². The molecule has 0 radical (unpaired) electrons. The number of carbonyl (C=O) groups is 1. The second-order valence-electron chi connectivity index (χ2n) is 15.0. The number of benzene rings is 5. The van der Waals surface area contributed by atoms with Crippen LogP contribution < -0.4 is 25.6 Å². The van der Waals surface area contributed by atoms with E-state index in [1.165, 1.54) is 11.0 Å². The smallest absolute Gasteiger partial charge is 0.339 e. The van der Waals surface area contributed by atoms with E-state index < -0.39 is 16.0 Å². The minimum atomic E-state index is -3.91. The molecule has 1 aliphatic rings. The Morgan fingerprint density at radius 1 is 0.867 bits per heavy atom. The first-order chi connectivity index (χ1) is 28.8. The molecule has 6 aromatic rings. The third-order valence-electron chi connectivity index (χ3n) is 10.5. The molecule has 312 valence electrons. The molecule has 1 aliphatic heterocycles. The molecule has 1 atom stereocenters. The molecule has 2 heterocycles. The number of halogens is 1. The average molecular weight is 866 g/mol. The highest BCUT2D eigenvalue weighted by Crippen LogP contribution is 2.41. The quantitative estimate of drug-likeness (QED) is 0.0546. The minimum Gasteiger partial charge on any atom is -0.478 e. The number of carboxylic acid groups (broad SMARTS) is 1. The molecule has 0 saturated carbocycles. The largest absolute Gasteiger partial charge is 0.478 e. The van der Waals surface area contributed by atoms with Gasteiger partial charge in [-0.2, -0.15) is 0 Å². The van der Waals surface area contributed by atoms with Crippen molar-refractivity contribution < 1.29 is 22.7 Å². The maximum Gasteiger partial charge on any atom is 0.339 e. The third kappa shape index (κ3) is 10.2. The summed E-state index contributed by atoms with van der Waals surface area (Å²) < 4.78 is 35.8. The molecular weight excluding hydrogens is 816 g/mol. The van der Waals surface area contributed by atoms with Gasteiger partial charge in [-0.15, -0.1) is 11.8 Å². The molecule has 14 heteroatoms. The van der Waals surface area contributed by atoms with Gasteiger partial charge in [-0.05, 0) is 131 Å². The summed E-state index contributed by atoms with van der Waals surface area (Å²) in [6, 6.07) is 37.6. The van der Waals surface area contributed by atoms with Gasteiger partial charge in [0.1, 0.15) is 17.1 Å². The zero-order valence-electron chi connectivity index (χ0n) is 33.8. The molecular formula is C46H49ClN6O5S2. The highest BCUT2D eigenvalue weighted by atomic mass is 35.5. The van der Waals surface area contributed by atoms with Crippen molar-refractivity contribution in [3.05, 3.63) is 138 Å². The van der Waals surface area contributed by atoms with Gasteiger partial charge < -0.3 is 35.3 Å². The van der Waals surface area contributed by atoms with Gasteiger partial charge in [0, 0.05) is 76.1 Å². The number of carboxylic acids is 1. The Hall–Kier alpha value is -5.60. The normalized spacial score (nSPS) is 13.7. The maximum absolute atomic E-state index is 13.5. The Balaban J connectivity index is 0.977. The summed E-state index contributed by atoms with van der Waals surface area (Å²) in [6.45, 7) is 5.49. The molecule has 5 aromatic carbocycles. The van der Waals surface area contributed by atoms with Crippen LogP contribution in [0.4, 0.5) is 28.4 Å². The fourth-order valence-electron chi connectivity index (χ4n) is 7.30. The summed E-state index contributed by atoms with van der Waals surface area (Å²) in [5, 5.41) is 14.3. The van der Waals surface area contributed by atoms with Crippen molar-refractivity contribution in [2.45, 2.75) is 29.2 Å². The van der Waals surface area contributed by atoms with E-state index in [2.05, 4.69) is 36.9 Å². The summed E-state index contributed by atoms with van der Waals surface area (Å²) in [4.78, 5) is 20.4. The van der Waals surface area contributed by atoms with Crippen molar-refractivity contribution in [3.8, 4) is 22.5 Å². The molecule has 1 saturated heterocycles. The van der Waals surface area contributed by atoms with Crippen LogP contribution in [-0.4, -0.2) is 83.0 Å². The summed E-state index contributed by atoms with van der Waals surface area (Å²) in [7, 11) is 0.185. The van der Waals surface area contributed by atoms with Crippen LogP contribution in [0.3, 0.4) is 0 Å². The van der Waals surface area contributed by atoms with Gasteiger partial charge in [-0.3, -0.25) is 4.72 Å². The SMILES string of the molecule is Cc1oc(-c2ccc(Cl)cc2)c(-c2cccc(N3CCN(c4ccc(NS(=O)(=O)c5ccc(N[C@H](CCN(C)C)CSc6ccccc6)c(N)c5)cc4)CC3)c2)c1C(=O)O. The first-order valence-corrected chi connectivity index (χ1v) is 22.5. The second kappa shape index (κ2) is 18.8. The maximum atomic E-state index is 13.5. The lowest BCUT2D eigenvalue weighted by Crippen LogP contribution is -2.46. The van der Waals surface area contributed by atoms with E-state index in [9.17, 15) is 18.3 Å². The number of hydrogen-bond donors (Lipinski definition) is 4. The van der Waals surface area contributed by atoms with Gasteiger partial charge in [0.25, 0.3) is 10.0 Å². The lowest BCUT2D eigenvalue weighted by Gasteiger charge is -2.37. The van der Waals surface area contributed by atoms with E-state index in [1.807, 2.05) is 80.8 Å². The minimum absolute atomic E-state index is 0.0848. The Bertz CT molecular complexity index is 2530. The number of nitrogens with two attached hydrogens (primary N) is 1. The molecule has 1 fully saturated rings. The van der Waals surface area contributed by atoms with Crippen LogP contribution in [0.5, 0.6) is 0 Å². The van der Waals surface area contributed by atoms with Crippen molar-refractivity contribution in [1.82, 2.24) is 4.90 Å². The fourth-order valence-corrected chi connectivity index (χ4v) is 9.51. The van der Waals surface area contributed by atoms with Crippen molar-refractivity contribution in [1.29, 1.82) is 0 Å².